The maximum atomic E-state index is 5.65. The van der Waals surface area contributed by atoms with E-state index in [2.05, 4.69) is 20.6 Å². The van der Waals surface area contributed by atoms with Crippen molar-refractivity contribution in [3.05, 3.63) is 54.2 Å². The molecule has 26 heavy (non-hydrogen) atoms. The summed E-state index contributed by atoms with van der Waals surface area (Å²) < 4.78 is 11.3. The quantitative estimate of drug-likeness (QED) is 0.412. The Hall–Kier alpha value is -2.76. The fraction of sp³-hybridized carbons (Fsp3) is 0.400. The first-order valence-electron chi connectivity index (χ1n) is 9.03. The van der Waals surface area contributed by atoms with Gasteiger partial charge in [-0.05, 0) is 36.5 Å². The molecule has 0 bridgehead atoms. The molecule has 1 fully saturated rings. The molecule has 0 unspecified atom stereocenters. The molecule has 138 valence electrons. The Morgan fingerprint density at radius 1 is 1.12 bits per heavy atom. The molecule has 0 aliphatic heterocycles. The summed E-state index contributed by atoms with van der Waals surface area (Å²) in [6.45, 7) is 2.67. The first-order chi connectivity index (χ1) is 12.8. The Morgan fingerprint density at radius 3 is 2.65 bits per heavy atom. The minimum atomic E-state index is 0.569. The molecule has 6 heteroatoms. The van der Waals surface area contributed by atoms with Crippen LogP contribution in [0.1, 0.15) is 18.4 Å². The number of ether oxygens (including phenoxy) is 2. The van der Waals surface area contributed by atoms with Crippen LogP contribution in [-0.4, -0.2) is 37.7 Å². The van der Waals surface area contributed by atoms with Crippen molar-refractivity contribution in [3.63, 3.8) is 0 Å². The van der Waals surface area contributed by atoms with Gasteiger partial charge in [0.25, 0.3) is 0 Å². The van der Waals surface area contributed by atoms with Crippen LogP contribution in [-0.2, 0) is 6.54 Å². The Balaban J connectivity index is 1.34. The third-order valence-electron chi connectivity index (χ3n) is 4.05. The molecule has 1 aliphatic carbocycles. The maximum absolute atomic E-state index is 5.65. The largest absolute Gasteiger partial charge is 0.492 e. The molecule has 2 N–H and O–H groups in total. The van der Waals surface area contributed by atoms with Crippen LogP contribution in [0.25, 0.3) is 0 Å². The minimum absolute atomic E-state index is 0.569. The van der Waals surface area contributed by atoms with Crippen molar-refractivity contribution in [3.8, 4) is 11.6 Å². The topological polar surface area (TPSA) is 67.8 Å². The Bertz CT molecular complexity index is 685. The third-order valence-corrected chi connectivity index (χ3v) is 4.05. The summed E-state index contributed by atoms with van der Waals surface area (Å²) in [5.74, 6) is 3.03. The van der Waals surface area contributed by atoms with Gasteiger partial charge in [-0.1, -0.05) is 24.3 Å². The van der Waals surface area contributed by atoms with E-state index in [1.807, 2.05) is 48.7 Å². The highest BCUT2D eigenvalue weighted by Gasteiger charge is 2.21. The van der Waals surface area contributed by atoms with Crippen LogP contribution >= 0.6 is 0 Å². The average molecular weight is 354 g/mol. The number of rotatable bonds is 9. The van der Waals surface area contributed by atoms with Gasteiger partial charge in [-0.3, -0.25) is 4.99 Å². The summed E-state index contributed by atoms with van der Waals surface area (Å²) in [4.78, 5) is 8.56. The van der Waals surface area contributed by atoms with E-state index in [0.717, 1.165) is 29.8 Å². The molecule has 1 aromatic carbocycles. The number of nitrogens with zero attached hydrogens (tertiary/aromatic N) is 2. The van der Waals surface area contributed by atoms with Crippen LogP contribution in [0.15, 0.2) is 53.7 Å². The van der Waals surface area contributed by atoms with Gasteiger partial charge in [0.05, 0.1) is 13.2 Å². The molecule has 1 aliphatic rings. The lowest BCUT2D eigenvalue weighted by Crippen LogP contribution is -2.38. The van der Waals surface area contributed by atoms with Gasteiger partial charge in [-0.25, -0.2) is 4.98 Å². The predicted octanol–water partition coefficient (Wildman–Crippen LogP) is 2.61. The van der Waals surface area contributed by atoms with Gasteiger partial charge in [0.15, 0.2) is 5.96 Å². The minimum Gasteiger partial charge on any atom is -0.492 e. The molecule has 0 saturated heterocycles. The standard InChI is InChI=1S/C20H26N4O2/c1-21-20(22-11-12-25-18-5-3-2-4-6-18)24-14-17-9-10-19(23-13-17)26-15-16-7-8-16/h2-6,9-10,13,16H,7-8,11-12,14-15H2,1H3,(H2,21,22,24). The zero-order chi connectivity index (χ0) is 18.0. The molecule has 6 nitrogen and oxygen atoms in total. The first kappa shape index (κ1) is 18.0. The van der Waals surface area contributed by atoms with E-state index in [1.54, 1.807) is 7.05 Å². The van der Waals surface area contributed by atoms with Crippen molar-refractivity contribution >= 4 is 5.96 Å². The lowest BCUT2D eigenvalue weighted by atomic mass is 10.3. The highest BCUT2D eigenvalue weighted by molar-refractivity contribution is 5.79. The van der Waals surface area contributed by atoms with E-state index in [1.165, 1.54) is 12.8 Å². The van der Waals surface area contributed by atoms with Gasteiger partial charge in [0.2, 0.25) is 5.88 Å². The van der Waals surface area contributed by atoms with E-state index in [-0.39, 0.29) is 0 Å². The normalized spacial score (nSPS) is 14.0. The lowest BCUT2D eigenvalue weighted by Gasteiger charge is -2.12. The molecule has 0 atom stereocenters. The average Bonchev–Trinajstić information content (AvgIpc) is 3.52. The second-order valence-corrected chi connectivity index (χ2v) is 6.27. The number of aliphatic imine (C=N–C) groups is 1. The summed E-state index contributed by atoms with van der Waals surface area (Å²) in [6.07, 6.45) is 4.40. The number of benzene rings is 1. The first-order valence-corrected chi connectivity index (χ1v) is 9.03. The Labute approximate surface area is 154 Å². The highest BCUT2D eigenvalue weighted by Crippen LogP contribution is 2.29. The van der Waals surface area contributed by atoms with Crippen molar-refractivity contribution in [2.75, 3.05) is 26.8 Å². The van der Waals surface area contributed by atoms with Crippen LogP contribution < -0.4 is 20.1 Å². The van der Waals surface area contributed by atoms with Crippen molar-refractivity contribution in [1.82, 2.24) is 15.6 Å². The van der Waals surface area contributed by atoms with E-state index < -0.39 is 0 Å². The second kappa shape index (κ2) is 9.65. The maximum Gasteiger partial charge on any atom is 0.213 e. The number of pyridine rings is 1. The number of hydrogen-bond acceptors (Lipinski definition) is 4. The summed E-state index contributed by atoms with van der Waals surface area (Å²) >= 11 is 0. The van der Waals surface area contributed by atoms with Crippen LogP contribution in [0.5, 0.6) is 11.6 Å². The zero-order valence-corrected chi connectivity index (χ0v) is 15.1. The van der Waals surface area contributed by atoms with Crippen molar-refractivity contribution in [1.29, 1.82) is 0 Å². The fourth-order valence-corrected chi connectivity index (χ4v) is 2.35. The Morgan fingerprint density at radius 2 is 1.96 bits per heavy atom. The lowest BCUT2D eigenvalue weighted by molar-refractivity contribution is 0.288. The molecule has 2 aromatic rings. The monoisotopic (exact) mass is 354 g/mol. The van der Waals surface area contributed by atoms with E-state index in [9.17, 15) is 0 Å². The van der Waals surface area contributed by atoms with E-state index >= 15 is 0 Å². The van der Waals surface area contributed by atoms with Crippen molar-refractivity contribution in [2.45, 2.75) is 19.4 Å². The number of nitrogens with one attached hydrogen (secondary N) is 2. The Kier molecular flexibility index (Phi) is 6.70. The molecule has 1 aromatic heterocycles. The summed E-state index contributed by atoms with van der Waals surface area (Å²) in [5, 5.41) is 6.50. The molecule has 0 spiro atoms. The highest BCUT2D eigenvalue weighted by atomic mass is 16.5. The van der Waals surface area contributed by atoms with E-state index in [4.69, 9.17) is 9.47 Å². The number of aromatic nitrogens is 1. The predicted molar refractivity (Wildman–Crippen MR) is 103 cm³/mol. The summed E-state index contributed by atoms with van der Waals surface area (Å²) in [7, 11) is 1.75. The molecule has 3 rings (SSSR count). The third kappa shape index (κ3) is 6.27. The SMILES string of the molecule is CN=C(NCCOc1ccccc1)NCc1ccc(OCC2CC2)nc1. The van der Waals surface area contributed by atoms with E-state index in [0.29, 0.717) is 25.6 Å². The number of guanidine groups is 1. The van der Waals surface area contributed by atoms with Crippen LogP contribution in [0.3, 0.4) is 0 Å². The number of hydrogen-bond donors (Lipinski definition) is 2. The van der Waals surface area contributed by atoms with Crippen LogP contribution in [0.2, 0.25) is 0 Å². The van der Waals surface area contributed by atoms with Gasteiger partial charge in [-0.15, -0.1) is 0 Å². The van der Waals surface area contributed by atoms with Crippen molar-refractivity contribution in [2.24, 2.45) is 10.9 Å². The van der Waals surface area contributed by atoms with Gasteiger partial charge >= 0.3 is 0 Å². The molecule has 0 radical (unpaired) electrons. The van der Waals surface area contributed by atoms with Gasteiger partial charge in [0, 0.05) is 25.9 Å². The number of para-hydroxylation sites is 1. The van der Waals surface area contributed by atoms with Crippen LogP contribution in [0, 0.1) is 5.92 Å². The summed E-state index contributed by atoms with van der Waals surface area (Å²) in [6, 6.07) is 13.7. The van der Waals surface area contributed by atoms with Gasteiger partial charge < -0.3 is 20.1 Å². The molecular weight excluding hydrogens is 328 g/mol. The molecule has 1 saturated carbocycles. The van der Waals surface area contributed by atoms with Gasteiger partial charge in [-0.2, -0.15) is 0 Å². The van der Waals surface area contributed by atoms with Gasteiger partial charge in [0.1, 0.15) is 12.4 Å². The molecule has 0 amide bonds. The van der Waals surface area contributed by atoms with Crippen molar-refractivity contribution < 1.29 is 9.47 Å². The molecular formula is C20H26N4O2. The summed E-state index contributed by atoms with van der Waals surface area (Å²) in [5.41, 5.74) is 1.08. The fourth-order valence-electron chi connectivity index (χ4n) is 2.35. The smallest absolute Gasteiger partial charge is 0.213 e. The molecule has 1 heterocycles. The zero-order valence-electron chi connectivity index (χ0n) is 15.1. The second-order valence-electron chi connectivity index (χ2n) is 6.27. The van der Waals surface area contributed by atoms with Crippen LogP contribution in [0.4, 0.5) is 0 Å².